The molecule has 1 N–H and O–H groups in total. The Morgan fingerprint density at radius 2 is 2.05 bits per heavy atom. The lowest BCUT2D eigenvalue weighted by Crippen LogP contribution is -2.21. The Hall–Kier alpha value is -1.52. The molecule has 0 aliphatic heterocycles. The van der Waals surface area contributed by atoms with Crippen molar-refractivity contribution in [3.05, 3.63) is 57.6 Å². The van der Waals surface area contributed by atoms with E-state index < -0.39 is 0 Å². The topological polar surface area (TPSA) is 37.8 Å². The van der Waals surface area contributed by atoms with Crippen LogP contribution in [0.15, 0.2) is 24.3 Å². The second-order valence-corrected chi connectivity index (χ2v) is 5.16. The van der Waals surface area contributed by atoms with Gasteiger partial charge in [0.15, 0.2) is 0 Å². The number of likely N-dealkylation sites (N-methyl/N-ethyl adjacent to an activating group) is 1. The third kappa shape index (κ3) is 3.14. The van der Waals surface area contributed by atoms with Crippen LogP contribution < -0.4 is 5.32 Å². The minimum absolute atomic E-state index is 0.0171. The molecule has 1 unspecified atom stereocenters. The zero-order chi connectivity index (χ0) is 14.7. The molecule has 20 heavy (non-hydrogen) atoms. The van der Waals surface area contributed by atoms with Crippen molar-refractivity contribution in [1.82, 2.24) is 15.5 Å². The molecule has 1 aromatic carbocycles. The Balaban J connectivity index is 2.34. The normalized spacial score (nSPS) is 12.4. The van der Waals surface area contributed by atoms with E-state index in [0.29, 0.717) is 6.42 Å². The minimum atomic E-state index is -0.389. The standard InChI is InChI=1S/C15H17ClFN3/c1-9-7-12(10(2)20-19-9)14(18-3)8-11-5-4-6-13(17)15(11)16/h4-7,14,18H,8H2,1-3H3. The zero-order valence-corrected chi connectivity index (χ0v) is 12.5. The molecule has 0 saturated carbocycles. The van der Waals surface area contributed by atoms with Crippen LogP contribution in [0.3, 0.4) is 0 Å². The van der Waals surface area contributed by atoms with E-state index in [1.165, 1.54) is 6.07 Å². The highest BCUT2D eigenvalue weighted by molar-refractivity contribution is 6.31. The van der Waals surface area contributed by atoms with Crippen LogP contribution in [-0.2, 0) is 6.42 Å². The fourth-order valence-electron chi connectivity index (χ4n) is 2.22. The van der Waals surface area contributed by atoms with Gasteiger partial charge >= 0.3 is 0 Å². The molecule has 1 heterocycles. The average molecular weight is 294 g/mol. The molecule has 1 atom stereocenters. The van der Waals surface area contributed by atoms with Gasteiger partial charge in [0, 0.05) is 6.04 Å². The summed E-state index contributed by atoms with van der Waals surface area (Å²) in [7, 11) is 1.87. The SMILES string of the molecule is CNC(Cc1cccc(F)c1Cl)c1cc(C)nnc1C. The van der Waals surface area contributed by atoms with E-state index in [9.17, 15) is 4.39 Å². The van der Waals surface area contributed by atoms with Gasteiger partial charge in [-0.05, 0) is 50.6 Å². The number of nitrogens with one attached hydrogen (secondary N) is 1. The van der Waals surface area contributed by atoms with Crippen molar-refractivity contribution >= 4 is 11.6 Å². The number of nitrogens with zero attached hydrogens (tertiary/aromatic N) is 2. The second-order valence-electron chi connectivity index (χ2n) is 4.78. The molecule has 2 aromatic rings. The second kappa shape index (κ2) is 6.29. The lowest BCUT2D eigenvalue weighted by Gasteiger charge is -2.19. The highest BCUT2D eigenvalue weighted by Crippen LogP contribution is 2.26. The molecule has 0 aliphatic rings. The molecule has 0 amide bonds. The fourth-order valence-corrected chi connectivity index (χ4v) is 2.42. The van der Waals surface area contributed by atoms with Gasteiger partial charge in [0.1, 0.15) is 5.82 Å². The van der Waals surface area contributed by atoms with Crippen LogP contribution in [0.2, 0.25) is 5.02 Å². The first-order chi connectivity index (χ1) is 9.52. The minimum Gasteiger partial charge on any atom is -0.313 e. The van der Waals surface area contributed by atoms with Crippen LogP contribution in [0.4, 0.5) is 4.39 Å². The largest absolute Gasteiger partial charge is 0.313 e. The molecule has 1 aromatic heterocycles. The van der Waals surface area contributed by atoms with Crippen LogP contribution >= 0.6 is 11.6 Å². The van der Waals surface area contributed by atoms with Gasteiger partial charge in [-0.3, -0.25) is 0 Å². The monoisotopic (exact) mass is 293 g/mol. The highest BCUT2D eigenvalue weighted by Gasteiger charge is 2.16. The predicted molar refractivity (Wildman–Crippen MR) is 78.4 cm³/mol. The van der Waals surface area contributed by atoms with Gasteiger partial charge in [0.25, 0.3) is 0 Å². The summed E-state index contributed by atoms with van der Waals surface area (Å²) in [5, 5.41) is 11.6. The maximum absolute atomic E-state index is 13.5. The van der Waals surface area contributed by atoms with E-state index >= 15 is 0 Å². The number of hydrogen-bond donors (Lipinski definition) is 1. The van der Waals surface area contributed by atoms with Gasteiger partial charge in [-0.1, -0.05) is 23.7 Å². The van der Waals surface area contributed by atoms with Crippen molar-refractivity contribution in [3.63, 3.8) is 0 Å². The number of benzene rings is 1. The first-order valence-electron chi connectivity index (χ1n) is 6.44. The third-order valence-corrected chi connectivity index (χ3v) is 3.74. The zero-order valence-electron chi connectivity index (χ0n) is 11.7. The first-order valence-corrected chi connectivity index (χ1v) is 6.81. The summed E-state index contributed by atoms with van der Waals surface area (Å²) in [4.78, 5) is 0. The fraction of sp³-hybridized carbons (Fsp3) is 0.333. The van der Waals surface area contributed by atoms with Gasteiger partial charge in [0.2, 0.25) is 0 Å². The summed E-state index contributed by atoms with van der Waals surface area (Å²) >= 11 is 6.02. The summed E-state index contributed by atoms with van der Waals surface area (Å²) in [6.45, 7) is 3.82. The van der Waals surface area contributed by atoms with E-state index in [1.807, 2.05) is 33.0 Å². The predicted octanol–water partition coefficient (Wildman–Crippen LogP) is 3.39. The first kappa shape index (κ1) is 14.9. The Bertz CT molecular complexity index is 616. The lowest BCUT2D eigenvalue weighted by molar-refractivity contribution is 0.576. The van der Waals surface area contributed by atoms with Crippen LogP contribution in [0.1, 0.15) is 28.6 Å². The van der Waals surface area contributed by atoms with Crippen molar-refractivity contribution in [2.75, 3.05) is 7.05 Å². The van der Waals surface area contributed by atoms with Gasteiger partial charge in [-0.15, -0.1) is 0 Å². The van der Waals surface area contributed by atoms with E-state index in [1.54, 1.807) is 6.07 Å². The molecule has 0 spiro atoms. The van der Waals surface area contributed by atoms with E-state index in [2.05, 4.69) is 15.5 Å². The maximum Gasteiger partial charge on any atom is 0.142 e. The molecule has 0 radical (unpaired) electrons. The van der Waals surface area contributed by atoms with Gasteiger partial charge in [-0.25, -0.2) is 4.39 Å². The van der Waals surface area contributed by atoms with Crippen LogP contribution in [-0.4, -0.2) is 17.2 Å². The summed E-state index contributed by atoms with van der Waals surface area (Å²) in [5.74, 6) is -0.389. The van der Waals surface area contributed by atoms with Crippen molar-refractivity contribution in [2.45, 2.75) is 26.3 Å². The lowest BCUT2D eigenvalue weighted by atomic mass is 9.98. The Labute approximate surface area is 123 Å². The molecule has 0 bridgehead atoms. The van der Waals surface area contributed by atoms with Gasteiger partial charge in [-0.2, -0.15) is 10.2 Å². The molecule has 0 aliphatic carbocycles. The number of halogens is 2. The molecular weight excluding hydrogens is 277 g/mol. The number of hydrogen-bond acceptors (Lipinski definition) is 3. The molecular formula is C15H17ClFN3. The van der Waals surface area contributed by atoms with Crippen molar-refractivity contribution < 1.29 is 4.39 Å². The summed E-state index contributed by atoms with van der Waals surface area (Å²) in [6, 6.07) is 6.89. The van der Waals surface area contributed by atoms with Crippen molar-refractivity contribution in [3.8, 4) is 0 Å². The van der Waals surface area contributed by atoms with Crippen LogP contribution in [0.5, 0.6) is 0 Å². The molecule has 106 valence electrons. The van der Waals surface area contributed by atoms with Gasteiger partial charge in [0.05, 0.1) is 16.4 Å². The smallest absolute Gasteiger partial charge is 0.142 e. The van der Waals surface area contributed by atoms with E-state index in [0.717, 1.165) is 22.5 Å². The quantitative estimate of drug-likeness (QED) is 0.939. The van der Waals surface area contributed by atoms with E-state index in [-0.39, 0.29) is 16.9 Å². The highest BCUT2D eigenvalue weighted by atomic mass is 35.5. The Morgan fingerprint density at radius 3 is 2.75 bits per heavy atom. The van der Waals surface area contributed by atoms with Crippen LogP contribution in [0.25, 0.3) is 0 Å². The molecule has 2 rings (SSSR count). The Kier molecular flexibility index (Phi) is 4.68. The number of rotatable bonds is 4. The number of aromatic nitrogens is 2. The molecule has 0 saturated heterocycles. The summed E-state index contributed by atoms with van der Waals surface area (Å²) < 4.78 is 13.5. The Morgan fingerprint density at radius 1 is 1.30 bits per heavy atom. The molecule has 0 fully saturated rings. The molecule has 5 heteroatoms. The van der Waals surface area contributed by atoms with Crippen LogP contribution in [0, 0.1) is 19.7 Å². The van der Waals surface area contributed by atoms with Crippen molar-refractivity contribution in [2.24, 2.45) is 0 Å². The summed E-state index contributed by atoms with van der Waals surface area (Å²) in [5.41, 5.74) is 3.55. The van der Waals surface area contributed by atoms with Crippen molar-refractivity contribution in [1.29, 1.82) is 0 Å². The average Bonchev–Trinajstić information content (AvgIpc) is 2.43. The third-order valence-electron chi connectivity index (χ3n) is 3.32. The molecule has 3 nitrogen and oxygen atoms in total. The number of aryl methyl sites for hydroxylation is 2. The van der Waals surface area contributed by atoms with Gasteiger partial charge < -0.3 is 5.32 Å². The van der Waals surface area contributed by atoms with E-state index in [4.69, 9.17) is 11.6 Å². The maximum atomic E-state index is 13.5. The summed E-state index contributed by atoms with van der Waals surface area (Å²) in [6.07, 6.45) is 0.596.